The summed E-state index contributed by atoms with van der Waals surface area (Å²) in [6.07, 6.45) is 0.990. The number of aromatic nitrogens is 1. The molecular formula is C20H27N3O3S. The molecule has 0 saturated carbocycles. The third-order valence-electron chi connectivity index (χ3n) is 4.47. The monoisotopic (exact) mass is 389 g/mol. The first-order valence-corrected chi connectivity index (χ1v) is 10.5. The van der Waals surface area contributed by atoms with E-state index in [1.165, 1.54) is 0 Å². The number of carbonyl (C=O) groups excluding carboxylic acids is 1. The van der Waals surface area contributed by atoms with Crippen molar-refractivity contribution in [3.05, 3.63) is 47.9 Å². The maximum absolute atomic E-state index is 12.5. The second kappa shape index (κ2) is 10.4. The summed E-state index contributed by atoms with van der Waals surface area (Å²) in [5, 5.41) is 4.06. The number of thioether (sulfide) groups is 1. The van der Waals surface area contributed by atoms with Gasteiger partial charge in [0.2, 0.25) is 5.91 Å². The molecule has 1 saturated heterocycles. The van der Waals surface area contributed by atoms with Gasteiger partial charge in [0.1, 0.15) is 11.5 Å². The van der Waals surface area contributed by atoms with E-state index in [-0.39, 0.29) is 5.91 Å². The largest absolute Gasteiger partial charge is 0.493 e. The SMILES string of the molecule is Cc1cc(CN2CCCN(C(=O)CSCCOc3ccccc3)CC2)no1. The molecule has 146 valence electrons. The number of para-hydroxylation sites is 1. The second-order valence-corrected chi connectivity index (χ2v) is 7.76. The van der Waals surface area contributed by atoms with Gasteiger partial charge in [0, 0.05) is 44.5 Å². The van der Waals surface area contributed by atoms with Gasteiger partial charge in [-0.3, -0.25) is 9.69 Å². The Labute approximate surface area is 164 Å². The Morgan fingerprint density at radius 2 is 2.07 bits per heavy atom. The summed E-state index contributed by atoms with van der Waals surface area (Å²) in [5.41, 5.74) is 0.959. The Kier molecular flexibility index (Phi) is 7.59. The number of ether oxygens (including phenoxy) is 1. The van der Waals surface area contributed by atoms with Crippen LogP contribution in [0.1, 0.15) is 17.9 Å². The quantitative estimate of drug-likeness (QED) is 0.647. The third kappa shape index (κ3) is 6.59. The summed E-state index contributed by atoms with van der Waals surface area (Å²) in [6, 6.07) is 11.7. The normalized spacial score (nSPS) is 15.5. The van der Waals surface area contributed by atoms with E-state index in [0.717, 1.165) is 62.1 Å². The fourth-order valence-corrected chi connectivity index (χ4v) is 3.79. The molecule has 1 aromatic carbocycles. The van der Waals surface area contributed by atoms with Crippen LogP contribution in [0, 0.1) is 6.92 Å². The van der Waals surface area contributed by atoms with Gasteiger partial charge < -0.3 is 14.2 Å². The predicted octanol–water partition coefficient (Wildman–Crippen LogP) is 2.83. The van der Waals surface area contributed by atoms with Gasteiger partial charge in [0.05, 0.1) is 18.1 Å². The number of hydrogen-bond donors (Lipinski definition) is 0. The zero-order valence-corrected chi connectivity index (χ0v) is 16.6. The highest BCUT2D eigenvalue weighted by atomic mass is 32.2. The van der Waals surface area contributed by atoms with Crippen LogP contribution >= 0.6 is 11.8 Å². The van der Waals surface area contributed by atoms with Crippen molar-refractivity contribution in [2.24, 2.45) is 0 Å². The van der Waals surface area contributed by atoms with Gasteiger partial charge in [-0.15, -0.1) is 11.8 Å². The molecule has 6 nitrogen and oxygen atoms in total. The van der Waals surface area contributed by atoms with Crippen LogP contribution in [0.2, 0.25) is 0 Å². The predicted molar refractivity (Wildman–Crippen MR) is 107 cm³/mol. The van der Waals surface area contributed by atoms with E-state index in [1.807, 2.05) is 48.2 Å². The van der Waals surface area contributed by atoms with Crippen molar-refractivity contribution in [1.82, 2.24) is 15.0 Å². The van der Waals surface area contributed by atoms with Crippen LogP contribution in [0.15, 0.2) is 40.9 Å². The molecule has 1 aliphatic rings. The van der Waals surface area contributed by atoms with Crippen LogP contribution in [0.4, 0.5) is 0 Å². The summed E-state index contributed by atoms with van der Waals surface area (Å²) in [6.45, 7) is 6.76. The lowest BCUT2D eigenvalue weighted by Gasteiger charge is -2.21. The minimum atomic E-state index is 0.221. The van der Waals surface area contributed by atoms with Crippen LogP contribution in [0.3, 0.4) is 0 Å². The number of aryl methyl sites for hydroxylation is 1. The molecule has 0 bridgehead atoms. The van der Waals surface area contributed by atoms with Crippen molar-refractivity contribution in [3.8, 4) is 5.75 Å². The molecule has 7 heteroatoms. The molecule has 0 radical (unpaired) electrons. The number of hydrogen-bond acceptors (Lipinski definition) is 6. The summed E-state index contributed by atoms with van der Waals surface area (Å²) < 4.78 is 10.8. The lowest BCUT2D eigenvalue weighted by Crippen LogP contribution is -2.36. The standard InChI is InChI=1S/C20H27N3O3S/c1-17-14-18(21-26-17)15-22-8-5-9-23(11-10-22)20(24)16-27-13-12-25-19-6-3-2-4-7-19/h2-4,6-7,14H,5,8-13,15-16H2,1H3. The molecule has 0 unspecified atom stereocenters. The molecule has 2 aromatic rings. The molecule has 1 amide bonds. The van der Waals surface area contributed by atoms with Crippen molar-refractivity contribution >= 4 is 17.7 Å². The summed E-state index contributed by atoms with van der Waals surface area (Å²) in [4.78, 5) is 16.8. The Morgan fingerprint density at radius 1 is 1.22 bits per heavy atom. The van der Waals surface area contributed by atoms with Gasteiger partial charge in [-0.1, -0.05) is 23.4 Å². The highest BCUT2D eigenvalue weighted by Crippen LogP contribution is 2.12. The molecular weight excluding hydrogens is 362 g/mol. The van der Waals surface area contributed by atoms with E-state index in [2.05, 4.69) is 10.1 Å². The fourth-order valence-electron chi connectivity index (χ4n) is 3.09. The average Bonchev–Trinajstić information content (AvgIpc) is 2.94. The topological polar surface area (TPSA) is 58.8 Å². The highest BCUT2D eigenvalue weighted by Gasteiger charge is 2.19. The number of nitrogens with zero attached hydrogens (tertiary/aromatic N) is 3. The number of carbonyl (C=O) groups is 1. The fraction of sp³-hybridized carbons (Fsp3) is 0.500. The first-order chi connectivity index (χ1) is 13.2. The molecule has 2 heterocycles. The van der Waals surface area contributed by atoms with E-state index in [4.69, 9.17) is 9.26 Å². The summed E-state index contributed by atoms with van der Waals surface area (Å²) in [5.74, 6) is 3.26. The molecule has 27 heavy (non-hydrogen) atoms. The van der Waals surface area contributed by atoms with Gasteiger partial charge in [-0.25, -0.2) is 0 Å². The first kappa shape index (κ1) is 19.8. The minimum absolute atomic E-state index is 0.221. The van der Waals surface area contributed by atoms with E-state index in [0.29, 0.717) is 12.4 Å². The first-order valence-electron chi connectivity index (χ1n) is 9.38. The van der Waals surface area contributed by atoms with Crippen molar-refractivity contribution in [3.63, 3.8) is 0 Å². The zero-order chi connectivity index (χ0) is 18.9. The number of rotatable bonds is 8. The smallest absolute Gasteiger partial charge is 0.232 e. The minimum Gasteiger partial charge on any atom is -0.493 e. The molecule has 0 spiro atoms. The van der Waals surface area contributed by atoms with Crippen LogP contribution in [-0.2, 0) is 11.3 Å². The van der Waals surface area contributed by atoms with Crippen LogP contribution in [0.25, 0.3) is 0 Å². The van der Waals surface area contributed by atoms with E-state index >= 15 is 0 Å². The van der Waals surface area contributed by atoms with Crippen molar-refractivity contribution in [2.75, 3.05) is 44.3 Å². The number of benzene rings is 1. The van der Waals surface area contributed by atoms with Gasteiger partial charge in [-0.2, -0.15) is 0 Å². The summed E-state index contributed by atoms with van der Waals surface area (Å²) in [7, 11) is 0. The zero-order valence-electron chi connectivity index (χ0n) is 15.8. The maximum atomic E-state index is 12.5. The molecule has 1 fully saturated rings. The molecule has 1 aromatic heterocycles. The molecule has 0 N–H and O–H groups in total. The third-order valence-corrected chi connectivity index (χ3v) is 5.38. The highest BCUT2D eigenvalue weighted by molar-refractivity contribution is 7.99. The Bertz CT molecular complexity index is 708. The van der Waals surface area contributed by atoms with E-state index < -0.39 is 0 Å². The Morgan fingerprint density at radius 3 is 2.85 bits per heavy atom. The van der Waals surface area contributed by atoms with Gasteiger partial charge in [0.25, 0.3) is 0 Å². The Hall–Kier alpha value is -1.99. The van der Waals surface area contributed by atoms with Gasteiger partial charge in [-0.05, 0) is 25.5 Å². The lowest BCUT2D eigenvalue weighted by atomic mass is 10.3. The molecule has 3 rings (SSSR count). The number of amides is 1. The van der Waals surface area contributed by atoms with Crippen LogP contribution in [-0.4, -0.2) is 65.2 Å². The average molecular weight is 390 g/mol. The molecule has 1 aliphatic heterocycles. The van der Waals surface area contributed by atoms with Crippen molar-refractivity contribution in [2.45, 2.75) is 19.9 Å². The molecule has 0 aliphatic carbocycles. The van der Waals surface area contributed by atoms with Crippen LogP contribution < -0.4 is 4.74 Å². The Balaban J connectivity index is 1.33. The lowest BCUT2D eigenvalue weighted by molar-refractivity contribution is -0.128. The van der Waals surface area contributed by atoms with E-state index in [9.17, 15) is 4.79 Å². The van der Waals surface area contributed by atoms with Gasteiger partial charge in [0.15, 0.2) is 0 Å². The van der Waals surface area contributed by atoms with Gasteiger partial charge >= 0.3 is 0 Å². The second-order valence-electron chi connectivity index (χ2n) is 6.65. The maximum Gasteiger partial charge on any atom is 0.232 e. The van der Waals surface area contributed by atoms with E-state index in [1.54, 1.807) is 11.8 Å². The van der Waals surface area contributed by atoms with Crippen molar-refractivity contribution < 1.29 is 14.1 Å². The van der Waals surface area contributed by atoms with Crippen LogP contribution in [0.5, 0.6) is 5.75 Å². The summed E-state index contributed by atoms with van der Waals surface area (Å²) >= 11 is 1.64. The van der Waals surface area contributed by atoms with Crippen molar-refractivity contribution in [1.29, 1.82) is 0 Å². The molecule has 0 atom stereocenters.